The molecule has 20 heavy (non-hydrogen) atoms. The Morgan fingerprint density at radius 2 is 2.05 bits per heavy atom. The van der Waals surface area contributed by atoms with Gasteiger partial charge in [0.25, 0.3) is 0 Å². The maximum absolute atomic E-state index is 13.7. The van der Waals surface area contributed by atoms with Crippen molar-refractivity contribution in [1.82, 2.24) is 14.5 Å². The molecular weight excluding hydrogens is 280 g/mol. The molecule has 1 aromatic carbocycles. The Morgan fingerprint density at radius 3 is 2.85 bits per heavy atom. The third-order valence-corrected chi connectivity index (χ3v) is 3.42. The smallest absolute Gasteiger partial charge is 0.179 e. The number of fused-ring (bicyclic) bond motifs is 1. The van der Waals surface area contributed by atoms with E-state index in [2.05, 4.69) is 9.97 Å². The highest BCUT2D eigenvalue weighted by atomic mass is 32.1. The predicted molar refractivity (Wildman–Crippen MR) is 75.1 cm³/mol. The zero-order valence-electron chi connectivity index (χ0n) is 10.7. The summed E-state index contributed by atoms with van der Waals surface area (Å²) < 4.78 is 29.1. The highest BCUT2D eigenvalue weighted by molar-refractivity contribution is 7.71. The van der Waals surface area contributed by atoms with Gasteiger partial charge in [0.2, 0.25) is 0 Å². The van der Waals surface area contributed by atoms with Crippen LogP contribution < -0.4 is 0 Å². The molecule has 0 bridgehead atoms. The zero-order valence-corrected chi connectivity index (χ0v) is 11.5. The number of nitrogens with zero attached hydrogens (tertiary/aromatic N) is 2. The minimum absolute atomic E-state index is 0.138. The number of rotatable bonds is 2. The largest absolute Gasteiger partial charge is 0.329 e. The van der Waals surface area contributed by atoms with Crippen molar-refractivity contribution in [3.63, 3.8) is 0 Å². The van der Waals surface area contributed by atoms with Crippen molar-refractivity contribution in [1.29, 1.82) is 0 Å². The SMILES string of the molecule is Cc1ccc2[nH]c(=S)n(Cc3cc(F)ccc3F)c2n1. The standard InChI is InChI=1S/C14H11F2N3S/c1-8-2-5-12-13(17-8)19(14(20)18-12)7-9-6-10(15)3-4-11(9)16/h2-6H,7H2,1H3,(H,18,20). The fraction of sp³-hybridized carbons (Fsp3) is 0.143. The first-order valence-corrected chi connectivity index (χ1v) is 6.45. The lowest BCUT2D eigenvalue weighted by atomic mass is 10.2. The van der Waals surface area contributed by atoms with Crippen molar-refractivity contribution in [2.75, 3.05) is 0 Å². The van der Waals surface area contributed by atoms with Gasteiger partial charge in [-0.15, -0.1) is 0 Å². The number of H-pyrrole nitrogens is 1. The molecule has 0 spiro atoms. The lowest BCUT2D eigenvalue weighted by molar-refractivity contribution is 0.577. The molecule has 0 fully saturated rings. The lowest BCUT2D eigenvalue weighted by Crippen LogP contribution is -2.04. The van der Waals surface area contributed by atoms with Gasteiger partial charge in [-0.25, -0.2) is 13.8 Å². The molecule has 0 aliphatic carbocycles. The van der Waals surface area contributed by atoms with Crippen LogP contribution in [0.15, 0.2) is 30.3 Å². The maximum atomic E-state index is 13.7. The summed E-state index contributed by atoms with van der Waals surface area (Å²) >= 11 is 5.22. The Morgan fingerprint density at radius 1 is 1.25 bits per heavy atom. The summed E-state index contributed by atoms with van der Waals surface area (Å²) in [6.07, 6.45) is 0. The minimum atomic E-state index is -0.475. The molecule has 0 radical (unpaired) electrons. The molecular formula is C14H11F2N3S. The van der Waals surface area contributed by atoms with Gasteiger partial charge in [-0.3, -0.25) is 4.57 Å². The van der Waals surface area contributed by atoms with Crippen molar-refractivity contribution in [2.24, 2.45) is 0 Å². The van der Waals surface area contributed by atoms with E-state index in [4.69, 9.17) is 12.2 Å². The Labute approximate surface area is 118 Å². The van der Waals surface area contributed by atoms with Crippen LogP contribution in [-0.4, -0.2) is 14.5 Å². The van der Waals surface area contributed by atoms with Gasteiger partial charge < -0.3 is 4.98 Å². The van der Waals surface area contributed by atoms with Crippen molar-refractivity contribution in [3.8, 4) is 0 Å². The quantitative estimate of drug-likeness (QED) is 0.730. The van der Waals surface area contributed by atoms with Crippen LogP contribution in [0.3, 0.4) is 0 Å². The molecule has 0 unspecified atom stereocenters. The number of aromatic nitrogens is 3. The van der Waals surface area contributed by atoms with E-state index in [1.54, 1.807) is 4.57 Å². The van der Waals surface area contributed by atoms with Crippen LogP contribution in [-0.2, 0) is 6.54 Å². The molecule has 2 aromatic heterocycles. The molecule has 102 valence electrons. The zero-order chi connectivity index (χ0) is 14.3. The first kappa shape index (κ1) is 12.9. The summed E-state index contributed by atoms with van der Waals surface area (Å²) in [5.41, 5.74) is 2.49. The summed E-state index contributed by atoms with van der Waals surface area (Å²) in [4.78, 5) is 7.40. The molecule has 2 heterocycles. The second-order valence-corrected chi connectivity index (χ2v) is 4.96. The van der Waals surface area contributed by atoms with E-state index in [1.807, 2.05) is 19.1 Å². The van der Waals surface area contributed by atoms with E-state index in [0.717, 1.165) is 23.3 Å². The van der Waals surface area contributed by atoms with Gasteiger partial charge in [-0.1, -0.05) is 0 Å². The molecule has 0 atom stereocenters. The van der Waals surface area contributed by atoms with E-state index >= 15 is 0 Å². The molecule has 0 aliphatic rings. The van der Waals surface area contributed by atoms with E-state index in [-0.39, 0.29) is 12.1 Å². The number of imidazole rings is 1. The van der Waals surface area contributed by atoms with Gasteiger partial charge in [-0.05, 0) is 49.5 Å². The molecule has 0 amide bonds. The van der Waals surface area contributed by atoms with E-state index in [0.29, 0.717) is 10.4 Å². The highest BCUT2D eigenvalue weighted by Crippen LogP contribution is 2.17. The average molecular weight is 291 g/mol. The van der Waals surface area contributed by atoms with Crippen LogP contribution in [0.2, 0.25) is 0 Å². The van der Waals surface area contributed by atoms with Crippen LogP contribution in [0.1, 0.15) is 11.3 Å². The number of benzene rings is 1. The molecule has 0 saturated heterocycles. The summed E-state index contributed by atoms with van der Waals surface area (Å²) in [6, 6.07) is 7.11. The van der Waals surface area contributed by atoms with Crippen LogP contribution in [0, 0.1) is 23.3 Å². The first-order chi connectivity index (χ1) is 9.54. The summed E-state index contributed by atoms with van der Waals surface area (Å²) in [6.45, 7) is 2.00. The number of pyridine rings is 1. The van der Waals surface area contributed by atoms with Crippen LogP contribution >= 0.6 is 12.2 Å². The third-order valence-electron chi connectivity index (χ3n) is 3.09. The molecule has 6 heteroatoms. The average Bonchev–Trinajstić information content (AvgIpc) is 2.70. The van der Waals surface area contributed by atoms with Gasteiger partial charge in [0, 0.05) is 11.3 Å². The fourth-order valence-corrected chi connectivity index (χ4v) is 2.37. The topological polar surface area (TPSA) is 33.6 Å². The maximum Gasteiger partial charge on any atom is 0.179 e. The fourth-order valence-electron chi connectivity index (χ4n) is 2.11. The Balaban J connectivity index is 2.15. The number of halogens is 2. The van der Waals surface area contributed by atoms with Crippen LogP contribution in [0.25, 0.3) is 11.2 Å². The lowest BCUT2D eigenvalue weighted by Gasteiger charge is -2.06. The summed E-state index contributed by atoms with van der Waals surface area (Å²) in [5, 5.41) is 0. The first-order valence-electron chi connectivity index (χ1n) is 6.05. The summed E-state index contributed by atoms with van der Waals surface area (Å²) in [7, 11) is 0. The number of aromatic amines is 1. The van der Waals surface area contributed by atoms with Crippen molar-refractivity contribution < 1.29 is 8.78 Å². The van der Waals surface area contributed by atoms with E-state index in [1.165, 1.54) is 6.07 Å². The molecule has 3 aromatic rings. The number of hydrogen-bond donors (Lipinski definition) is 1. The number of nitrogens with one attached hydrogen (secondary N) is 1. The monoisotopic (exact) mass is 291 g/mol. The van der Waals surface area contributed by atoms with Gasteiger partial charge >= 0.3 is 0 Å². The van der Waals surface area contributed by atoms with Gasteiger partial charge in [0.1, 0.15) is 11.6 Å². The molecule has 1 N–H and O–H groups in total. The van der Waals surface area contributed by atoms with Gasteiger partial charge in [0.15, 0.2) is 10.4 Å². The molecule has 0 aliphatic heterocycles. The minimum Gasteiger partial charge on any atom is -0.329 e. The van der Waals surface area contributed by atoms with Crippen molar-refractivity contribution >= 4 is 23.4 Å². The second kappa shape index (κ2) is 4.79. The van der Waals surface area contributed by atoms with Crippen molar-refractivity contribution in [2.45, 2.75) is 13.5 Å². The molecule has 0 saturated carbocycles. The summed E-state index contributed by atoms with van der Waals surface area (Å²) in [5.74, 6) is -0.938. The number of aryl methyl sites for hydroxylation is 1. The van der Waals surface area contributed by atoms with Crippen LogP contribution in [0.4, 0.5) is 8.78 Å². The Hall–Kier alpha value is -2.08. The second-order valence-electron chi connectivity index (χ2n) is 4.58. The van der Waals surface area contributed by atoms with Gasteiger partial charge in [0.05, 0.1) is 12.1 Å². The normalized spacial score (nSPS) is 11.2. The number of hydrogen-bond acceptors (Lipinski definition) is 2. The highest BCUT2D eigenvalue weighted by Gasteiger charge is 2.10. The molecule has 3 nitrogen and oxygen atoms in total. The predicted octanol–water partition coefficient (Wildman–Crippen LogP) is 3.73. The van der Waals surface area contributed by atoms with Crippen molar-refractivity contribution in [3.05, 3.63) is 58.0 Å². The third kappa shape index (κ3) is 2.22. The Bertz CT molecular complexity index is 851. The van der Waals surface area contributed by atoms with Crippen LogP contribution in [0.5, 0.6) is 0 Å². The van der Waals surface area contributed by atoms with Gasteiger partial charge in [-0.2, -0.15) is 0 Å². The van der Waals surface area contributed by atoms with E-state index in [9.17, 15) is 8.78 Å². The Kier molecular flexibility index (Phi) is 3.10. The van der Waals surface area contributed by atoms with E-state index < -0.39 is 11.6 Å². The molecule has 3 rings (SSSR count).